The number of hydrogen-bond donors (Lipinski definition) is 0. The van der Waals surface area contributed by atoms with E-state index >= 15 is 0 Å². The first-order valence-electron chi connectivity index (χ1n) is 1.34. The van der Waals surface area contributed by atoms with E-state index in [1.54, 1.807) is 0 Å². The van der Waals surface area contributed by atoms with Gasteiger partial charge in [-0.15, -0.1) is 0 Å². The minimum absolute atomic E-state index is 0. The van der Waals surface area contributed by atoms with Crippen LogP contribution in [0.25, 0.3) is 0 Å². The van der Waals surface area contributed by atoms with E-state index in [0.717, 1.165) is 0 Å². The summed E-state index contributed by atoms with van der Waals surface area (Å²) in [7, 11) is 4.23. The third kappa shape index (κ3) is 57.4. The Labute approximate surface area is 87.5 Å². The van der Waals surface area contributed by atoms with Gasteiger partial charge in [0.2, 0.25) is 0 Å². The Bertz CT molecular complexity index is 24.4. The summed E-state index contributed by atoms with van der Waals surface area (Å²) in [6.07, 6.45) is 0. The van der Waals surface area contributed by atoms with Gasteiger partial charge in [0.15, 0.2) is 0 Å². The summed E-state index contributed by atoms with van der Waals surface area (Å²) < 4.78 is 0. The molecule has 1 unspecified atom stereocenters. The van der Waals surface area contributed by atoms with Crippen LogP contribution in [0.2, 0.25) is 0 Å². The van der Waals surface area contributed by atoms with E-state index in [4.69, 9.17) is 0 Å². The second-order valence-electron chi connectivity index (χ2n) is 1.34. The fourth-order valence-corrected chi connectivity index (χ4v) is 0. The van der Waals surface area contributed by atoms with Crippen molar-refractivity contribution in [3.8, 4) is 0 Å². The van der Waals surface area contributed by atoms with Gasteiger partial charge in [-0.2, -0.15) is 7.35 Å². The number of hydrogen-bond acceptors (Lipinski definition) is 0. The van der Waals surface area contributed by atoms with E-state index in [1.807, 2.05) is 0 Å². The normalized spacial score (nSPS) is 9.29. The van der Waals surface area contributed by atoms with Crippen molar-refractivity contribution in [3.63, 3.8) is 0 Å². The standard InChI is InChI=1S/CH8BPSi.Cr.Fe.Nb/c1-3(2)4;;;/h2H2,1,4H3;;;. The molecule has 0 aromatic rings. The Hall–Kier alpha value is 2.50. The van der Waals surface area contributed by atoms with E-state index in [0.29, 0.717) is 7.35 Å². The Morgan fingerprint density at radius 1 is 1.57 bits per heavy atom. The van der Waals surface area contributed by atoms with Crippen LogP contribution >= 0.6 is 7.35 Å². The fourth-order valence-electron chi connectivity index (χ4n) is 0. The SMILES string of the molecule is BP(C)[SiH3].[Cr].[Fe].[Nb]. The van der Waals surface area contributed by atoms with Gasteiger partial charge in [0.05, 0.1) is 0 Å². The largest absolute Gasteiger partial charge is 0.172 e. The average molecular weight is 291 g/mol. The first kappa shape index (κ1) is 22.7. The molecular formula is CH8BCrFeNbPSi. The summed E-state index contributed by atoms with van der Waals surface area (Å²) in [5, 5.41) is 0. The second kappa shape index (κ2) is 15.8. The first-order chi connectivity index (χ1) is 1.73. The topological polar surface area (TPSA) is 0 Å². The van der Waals surface area contributed by atoms with Crippen molar-refractivity contribution in [1.29, 1.82) is 0 Å². The molecule has 43 valence electrons. The summed E-state index contributed by atoms with van der Waals surface area (Å²) in [6, 6.07) is 0. The van der Waals surface area contributed by atoms with Gasteiger partial charge in [0.1, 0.15) is 7.57 Å². The van der Waals surface area contributed by atoms with Gasteiger partial charge < -0.3 is 0 Å². The fraction of sp³-hybridized carbons (Fsp3) is 1.00. The third-order valence-corrected chi connectivity index (χ3v) is 0. The minimum Gasteiger partial charge on any atom is -0.172 e. The summed E-state index contributed by atoms with van der Waals surface area (Å²) in [5.41, 5.74) is 0. The molecule has 0 aliphatic carbocycles. The van der Waals surface area contributed by atoms with Crippen molar-refractivity contribution in [2.24, 2.45) is 0 Å². The van der Waals surface area contributed by atoms with Crippen LogP contribution in [0.3, 0.4) is 0 Å². The first-order valence-corrected chi connectivity index (χ1v) is 6.71. The van der Waals surface area contributed by atoms with E-state index in [2.05, 4.69) is 14.2 Å². The molecule has 0 bridgehead atoms. The maximum atomic E-state index is 2.29. The zero-order chi connectivity index (χ0) is 3.58. The predicted molar refractivity (Wildman–Crippen MR) is 31.3 cm³/mol. The van der Waals surface area contributed by atoms with Crippen LogP contribution < -0.4 is 0 Å². The summed E-state index contributed by atoms with van der Waals surface area (Å²) >= 11 is 0. The minimum atomic E-state index is 0. The molecule has 0 heterocycles. The smallest absolute Gasteiger partial charge is 0.128 e. The van der Waals surface area contributed by atoms with Crippen LogP contribution in [0.15, 0.2) is 0 Å². The molecule has 0 rings (SSSR count). The monoisotopic (exact) mass is 291 g/mol. The summed E-state index contributed by atoms with van der Waals surface area (Å²) in [5.74, 6) is 0. The van der Waals surface area contributed by atoms with Crippen molar-refractivity contribution >= 4 is 24.8 Å². The van der Waals surface area contributed by atoms with Gasteiger partial charge in [-0.25, -0.2) is 0 Å². The molecule has 0 fully saturated rings. The summed E-state index contributed by atoms with van der Waals surface area (Å²) in [6.45, 7) is 2.29. The third-order valence-electron chi connectivity index (χ3n) is 0. The molecule has 0 N–H and O–H groups in total. The van der Waals surface area contributed by atoms with Gasteiger partial charge in [0.25, 0.3) is 0 Å². The van der Waals surface area contributed by atoms with Crippen LogP contribution in [-0.4, -0.2) is 24.1 Å². The van der Waals surface area contributed by atoms with Crippen molar-refractivity contribution in [1.82, 2.24) is 0 Å². The quantitative estimate of drug-likeness (QED) is 0.393. The van der Waals surface area contributed by atoms with E-state index in [9.17, 15) is 0 Å². The Balaban J connectivity index is -0.0000000150. The van der Waals surface area contributed by atoms with Crippen molar-refractivity contribution in [2.75, 3.05) is 6.66 Å². The molecule has 0 saturated heterocycles. The maximum absolute atomic E-state index is 2.29. The molecule has 0 nitrogen and oxygen atoms in total. The van der Waals surface area contributed by atoms with Crippen LogP contribution in [0.1, 0.15) is 0 Å². The predicted octanol–water partition coefficient (Wildman–Crippen LogP) is -1.08. The molecule has 0 spiro atoms. The van der Waals surface area contributed by atoms with Gasteiger partial charge in [0, 0.05) is 66.7 Å². The molecule has 0 aromatic heterocycles. The van der Waals surface area contributed by atoms with Gasteiger partial charge in [-0.05, 0) is 0 Å². The Kier molecular flexibility index (Phi) is 51.2. The molecule has 0 amide bonds. The van der Waals surface area contributed by atoms with Crippen LogP contribution in [-0.2, 0) is 56.8 Å². The number of rotatable bonds is 0. The Morgan fingerprint density at radius 3 is 1.57 bits per heavy atom. The molecule has 7 heavy (non-hydrogen) atoms. The van der Waals surface area contributed by atoms with E-state index in [-0.39, 0.29) is 56.8 Å². The van der Waals surface area contributed by atoms with Crippen molar-refractivity contribution < 1.29 is 56.8 Å². The molecule has 1 atom stereocenters. The molecule has 0 aromatic carbocycles. The molecule has 0 aliphatic heterocycles. The molecule has 6 heteroatoms. The van der Waals surface area contributed by atoms with Crippen LogP contribution in [0.4, 0.5) is 0 Å². The van der Waals surface area contributed by atoms with Gasteiger partial charge in [-0.1, -0.05) is 6.66 Å². The van der Waals surface area contributed by atoms with Gasteiger partial charge >= 0.3 is 0 Å². The molecular weight excluding hydrogens is 283 g/mol. The van der Waals surface area contributed by atoms with Crippen LogP contribution in [0, 0.1) is 0 Å². The Morgan fingerprint density at radius 2 is 1.57 bits per heavy atom. The van der Waals surface area contributed by atoms with E-state index < -0.39 is 0 Å². The van der Waals surface area contributed by atoms with Gasteiger partial charge in [-0.3, -0.25) is 0 Å². The molecule has 0 aliphatic rings. The van der Waals surface area contributed by atoms with Crippen molar-refractivity contribution in [2.45, 2.75) is 0 Å². The molecule has 0 saturated carbocycles. The molecule has 1 radical (unpaired) electrons. The van der Waals surface area contributed by atoms with E-state index in [1.165, 1.54) is 9.91 Å². The van der Waals surface area contributed by atoms with Crippen molar-refractivity contribution in [3.05, 3.63) is 0 Å². The average Bonchev–Trinajstić information content (AvgIpc) is 0.811. The van der Waals surface area contributed by atoms with Crippen LogP contribution in [0.5, 0.6) is 0 Å². The zero-order valence-electron chi connectivity index (χ0n) is 4.66. The maximum Gasteiger partial charge on any atom is 0.128 e. The summed E-state index contributed by atoms with van der Waals surface area (Å²) in [4.78, 5) is 0. The second-order valence-corrected chi connectivity index (χ2v) is 9.39. The zero-order valence-corrected chi connectivity index (χ0v) is 12.1.